The largest absolute Gasteiger partial charge is 0.490 e. The molecule has 1 aliphatic rings. The van der Waals surface area contributed by atoms with E-state index in [2.05, 4.69) is 36.2 Å². The van der Waals surface area contributed by atoms with E-state index in [1.807, 2.05) is 20.8 Å². The van der Waals surface area contributed by atoms with Gasteiger partial charge >= 0.3 is 0 Å². The van der Waals surface area contributed by atoms with E-state index in [0.29, 0.717) is 0 Å². The molecule has 2 N–H and O–H groups in total. The van der Waals surface area contributed by atoms with Gasteiger partial charge in [0.1, 0.15) is 5.75 Å². The lowest BCUT2D eigenvalue weighted by molar-refractivity contribution is 0.0479. The molecule has 124 valence electrons. The molecule has 1 heterocycles. The smallest absolute Gasteiger partial charge is 0.128 e. The number of benzene rings is 1. The highest BCUT2D eigenvalue weighted by atomic mass is 16.5. The summed E-state index contributed by atoms with van der Waals surface area (Å²) in [5, 5.41) is 14.4. The highest BCUT2D eigenvalue weighted by Crippen LogP contribution is 2.35. The summed E-state index contributed by atoms with van der Waals surface area (Å²) in [5.41, 5.74) is 3.12. The second-order valence-corrected chi connectivity index (χ2v) is 6.58. The van der Waals surface area contributed by atoms with Gasteiger partial charge in [0, 0.05) is 37.8 Å². The molecule has 0 bridgehead atoms. The first-order chi connectivity index (χ1) is 10.4. The van der Waals surface area contributed by atoms with Crippen LogP contribution in [0.15, 0.2) is 12.1 Å². The Morgan fingerprint density at radius 1 is 1.09 bits per heavy atom. The minimum absolute atomic E-state index is 0.0807. The van der Waals surface area contributed by atoms with Crippen LogP contribution < -0.4 is 10.1 Å². The van der Waals surface area contributed by atoms with E-state index >= 15 is 0 Å². The van der Waals surface area contributed by atoms with Crippen molar-refractivity contribution in [2.24, 2.45) is 0 Å². The summed E-state index contributed by atoms with van der Waals surface area (Å²) < 4.78 is 6.02. The number of nitrogens with one attached hydrogen (secondary N) is 1. The van der Waals surface area contributed by atoms with Crippen molar-refractivity contribution in [2.45, 2.75) is 52.9 Å². The number of aliphatic hydroxyl groups excluding tert-OH is 1. The molecule has 0 radical (unpaired) electrons. The molecule has 1 fully saturated rings. The lowest BCUT2D eigenvalue weighted by atomic mass is 9.94. The van der Waals surface area contributed by atoms with Crippen LogP contribution in [0.2, 0.25) is 0 Å². The molecule has 2 rings (SSSR count). The highest BCUT2D eigenvalue weighted by molar-refractivity contribution is 5.47. The van der Waals surface area contributed by atoms with Crippen LogP contribution in [0.3, 0.4) is 0 Å². The SMILES string of the molecule is Cc1ccc(C)c(C(O)C(C)N2CCNCC2)c1OC(C)C. The minimum Gasteiger partial charge on any atom is -0.490 e. The molecular formula is C18H30N2O2. The molecule has 0 aliphatic carbocycles. The van der Waals surface area contributed by atoms with Crippen molar-refractivity contribution in [2.75, 3.05) is 26.2 Å². The first kappa shape index (κ1) is 17.3. The number of hydrogen-bond acceptors (Lipinski definition) is 4. The predicted octanol–water partition coefficient (Wildman–Crippen LogP) is 2.42. The monoisotopic (exact) mass is 306 g/mol. The Labute approximate surface area is 134 Å². The topological polar surface area (TPSA) is 44.7 Å². The van der Waals surface area contributed by atoms with Crippen molar-refractivity contribution in [3.05, 3.63) is 28.8 Å². The molecule has 1 aliphatic heterocycles. The molecule has 4 nitrogen and oxygen atoms in total. The standard InChI is InChI=1S/C18H30N2O2/c1-12(2)22-18-14(4)7-6-13(3)16(18)17(21)15(5)20-10-8-19-9-11-20/h6-7,12,15,17,19,21H,8-11H2,1-5H3. The Hall–Kier alpha value is -1.10. The Morgan fingerprint density at radius 3 is 2.27 bits per heavy atom. The number of hydrogen-bond donors (Lipinski definition) is 2. The number of aryl methyl sites for hydroxylation is 2. The summed E-state index contributed by atoms with van der Waals surface area (Å²) in [5.74, 6) is 0.851. The van der Waals surface area contributed by atoms with E-state index in [9.17, 15) is 5.11 Å². The van der Waals surface area contributed by atoms with Gasteiger partial charge in [0.15, 0.2) is 0 Å². The minimum atomic E-state index is -0.535. The van der Waals surface area contributed by atoms with E-state index < -0.39 is 6.10 Å². The maximum atomic E-state index is 11.0. The molecule has 2 unspecified atom stereocenters. The van der Waals surface area contributed by atoms with E-state index in [4.69, 9.17) is 4.74 Å². The number of piperazine rings is 1. The fraction of sp³-hybridized carbons (Fsp3) is 0.667. The maximum absolute atomic E-state index is 11.0. The third kappa shape index (κ3) is 3.80. The first-order valence-electron chi connectivity index (χ1n) is 8.31. The van der Waals surface area contributed by atoms with Crippen molar-refractivity contribution in [1.82, 2.24) is 10.2 Å². The van der Waals surface area contributed by atoms with Gasteiger partial charge in [-0.25, -0.2) is 0 Å². The number of ether oxygens (including phenoxy) is 1. The average molecular weight is 306 g/mol. The van der Waals surface area contributed by atoms with Crippen molar-refractivity contribution < 1.29 is 9.84 Å². The average Bonchev–Trinajstić information content (AvgIpc) is 2.50. The third-order valence-corrected chi connectivity index (χ3v) is 4.44. The second kappa shape index (κ2) is 7.44. The number of nitrogens with zero attached hydrogens (tertiary/aromatic N) is 1. The van der Waals surface area contributed by atoms with Gasteiger partial charge in [-0.2, -0.15) is 0 Å². The zero-order chi connectivity index (χ0) is 16.3. The van der Waals surface area contributed by atoms with Gasteiger partial charge in [-0.3, -0.25) is 4.90 Å². The van der Waals surface area contributed by atoms with Gasteiger partial charge in [0.2, 0.25) is 0 Å². The summed E-state index contributed by atoms with van der Waals surface area (Å²) in [7, 11) is 0. The van der Waals surface area contributed by atoms with E-state index in [0.717, 1.165) is 48.6 Å². The summed E-state index contributed by atoms with van der Waals surface area (Å²) >= 11 is 0. The normalized spacial score (nSPS) is 19.2. The molecule has 1 aromatic carbocycles. The lowest BCUT2D eigenvalue weighted by Crippen LogP contribution is -2.49. The molecule has 4 heteroatoms. The van der Waals surface area contributed by atoms with Gasteiger partial charge in [0.25, 0.3) is 0 Å². The molecule has 0 spiro atoms. The van der Waals surface area contributed by atoms with Crippen LogP contribution in [0.5, 0.6) is 5.75 Å². The zero-order valence-electron chi connectivity index (χ0n) is 14.5. The Morgan fingerprint density at radius 2 is 1.68 bits per heavy atom. The first-order valence-corrected chi connectivity index (χ1v) is 8.31. The van der Waals surface area contributed by atoms with Crippen LogP contribution >= 0.6 is 0 Å². The fourth-order valence-corrected chi connectivity index (χ4v) is 3.10. The Bertz CT molecular complexity index is 496. The second-order valence-electron chi connectivity index (χ2n) is 6.58. The Balaban J connectivity index is 2.30. The molecule has 1 saturated heterocycles. The number of aliphatic hydroxyl groups is 1. The number of rotatable bonds is 5. The van der Waals surface area contributed by atoms with Gasteiger partial charge < -0.3 is 15.2 Å². The summed E-state index contributed by atoms with van der Waals surface area (Å²) in [6.07, 6.45) is -0.437. The van der Waals surface area contributed by atoms with E-state index in [1.54, 1.807) is 0 Å². The van der Waals surface area contributed by atoms with Gasteiger partial charge in [-0.05, 0) is 45.7 Å². The van der Waals surface area contributed by atoms with Crippen LogP contribution in [-0.4, -0.2) is 48.3 Å². The van der Waals surface area contributed by atoms with Crippen LogP contribution in [0.1, 0.15) is 43.6 Å². The van der Waals surface area contributed by atoms with Crippen molar-refractivity contribution in [1.29, 1.82) is 0 Å². The summed E-state index contributed by atoms with van der Waals surface area (Å²) in [6.45, 7) is 14.2. The third-order valence-electron chi connectivity index (χ3n) is 4.44. The quantitative estimate of drug-likeness (QED) is 0.877. The van der Waals surface area contributed by atoms with Crippen LogP contribution in [0.4, 0.5) is 0 Å². The van der Waals surface area contributed by atoms with Crippen LogP contribution in [0, 0.1) is 13.8 Å². The summed E-state index contributed by atoms with van der Waals surface area (Å²) in [6, 6.07) is 4.22. The van der Waals surface area contributed by atoms with Crippen LogP contribution in [0.25, 0.3) is 0 Å². The maximum Gasteiger partial charge on any atom is 0.128 e. The zero-order valence-corrected chi connectivity index (χ0v) is 14.5. The molecule has 22 heavy (non-hydrogen) atoms. The van der Waals surface area contributed by atoms with Gasteiger partial charge in [-0.15, -0.1) is 0 Å². The van der Waals surface area contributed by atoms with Crippen LogP contribution in [-0.2, 0) is 0 Å². The predicted molar refractivity (Wildman–Crippen MR) is 90.5 cm³/mol. The molecule has 0 saturated carbocycles. The molecule has 1 aromatic rings. The summed E-state index contributed by atoms with van der Waals surface area (Å²) in [4.78, 5) is 2.35. The van der Waals surface area contributed by atoms with E-state index in [1.165, 1.54) is 0 Å². The fourth-order valence-electron chi connectivity index (χ4n) is 3.10. The molecule has 0 aromatic heterocycles. The molecule has 0 amide bonds. The lowest BCUT2D eigenvalue weighted by Gasteiger charge is -2.36. The van der Waals surface area contributed by atoms with E-state index in [-0.39, 0.29) is 12.1 Å². The van der Waals surface area contributed by atoms with Crippen molar-refractivity contribution in [3.63, 3.8) is 0 Å². The van der Waals surface area contributed by atoms with Crippen molar-refractivity contribution >= 4 is 0 Å². The van der Waals surface area contributed by atoms with Gasteiger partial charge in [-0.1, -0.05) is 12.1 Å². The van der Waals surface area contributed by atoms with Gasteiger partial charge in [0.05, 0.1) is 12.2 Å². The van der Waals surface area contributed by atoms with Crippen molar-refractivity contribution in [3.8, 4) is 5.75 Å². The highest BCUT2D eigenvalue weighted by Gasteiger charge is 2.28. The molecule has 2 atom stereocenters. The Kier molecular flexibility index (Phi) is 5.84. The molecular weight excluding hydrogens is 276 g/mol.